The lowest BCUT2D eigenvalue weighted by molar-refractivity contribution is -0.137. The van der Waals surface area contributed by atoms with Crippen molar-refractivity contribution >= 4 is 5.91 Å². The normalized spacial score (nSPS) is 11.3. The number of carbonyl (C=O) groups excluding carboxylic acids is 1. The van der Waals surface area contributed by atoms with E-state index in [1.807, 2.05) is 12.1 Å². The van der Waals surface area contributed by atoms with Gasteiger partial charge in [0.1, 0.15) is 5.75 Å². The highest BCUT2D eigenvalue weighted by atomic mass is 19.4. The zero-order valence-electron chi connectivity index (χ0n) is 14.8. The molecule has 3 aromatic rings. The SMILES string of the molecule is COc1ccccc1-c1nnc(CCNC(=O)c2ccc(C(F)(F)F)cc2)o1. The fourth-order valence-corrected chi connectivity index (χ4v) is 2.48. The maximum atomic E-state index is 12.6. The van der Waals surface area contributed by atoms with Crippen LogP contribution in [0.15, 0.2) is 52.9 Å². The Labute approximate surface area is 158 Å². The number of nitrogens with one attached hydrogen (secondary N) is 1. The number of para-hydroxylation sites is 1. The van der Waals surface area contributed by atoms with Crippen LogP contribution < -0.4 is 10.1 Å². The Bertz CT molecular complexity index is 953. The van der Waals surface area contributed by atoms with Crippen molar-refractivity contribution in [2.75, 3.05) is 13.7 Å². The molecule has 0 aliphatic carbocycles. The number of nitrogens with zero attached hydrogens (tertiary/aromatic N) is 2. The fraction of sp³-hybridized carbons (Fsp3) is 0.211. The van der Waals surface area contributed by atoms with Crippen molar-refractivity contribution in [2.24, 2.45) is 0 Å². The molecule has 6 nitrogen and oxygen atoms in total. The number of ether oxygens (including phenoxy) is 1. The van der Waals surface area contributed by atoms with Gasteiger partial charge >= 0.3 is 6.18 Å². The molecule has 146 valence electrons. The average molecular weight is 391 g/mol. The molecule has 0 bridgehead atoms. The van der Waals surface area contributed by atoms with Gasteiger partial charge in [-0.15, -0.1) is 10.2 Å². The van der Waals surface area contributed by atoms with E-state index in [0.29, 0.717) is 23.1 Å². The lowest BCUT2D eigenvalue weighted by Crippen LogP contribution is -2.25. The molecule has 1 amide bonds. The molecular formula is C19H16F3N3O3. The summed E-state index contributed by atoms with van der Waals surface area (Å²) < 4.78 is 48.5. The Balaban J connectivity index is 1.57. The minimum atomic E-state index is -4.44. The molecule has 2 aromatic carbocycles. The molecule has 0 unspecified atom stereocenters. The van der Waals surface area contributed by atoms with E-state index >= 15 is 0 Å². The molecule has 1 heterocycles. The van der Waals surface area contributed by atoms with Crippen molar-refractivity contribution in [3.63, 3.8) is 0 Å². The Morgan fingerprint density at radius 3 is 2.50 bits per heavy atom. The fourth-order valence-electron chi connectivity index (χ4n) is 2.48. The minimum Gasteiger partial charge on any atom is -0.496 e. The highest BCUT2D eigenvalue weighted by Crippen LogP contribution is 2.29. The summed E-state index contributed by atoms with van der Waals surface area (Å²) in [5.41, 5.74) is -0.0236. The number of halogens is 3. The molecule has 9 heteroatoms. The van der Waals surface area contributed by atoms with Gasteiger partial charge in [0, 0.05) is 18.5 Å². The third-order valence-electron chi connectivity index (χ3n) is 3.90. The van der Waals surface area contributed by atoms with Crippen LogP contribution in [0.4, 0.5) is 13.2 Å². The van der Waals surface area contributed by atoms with Gasteiger partial charge in [-0.05, 0) is 36.4 Å². The van der Waals surface area contributed by atoms with E-state index in [9.17, 15) is 18.0 Å². The summed E-state index contributed by atoms with van der Waals surface area (Å²) in [6.45, 7) is 0.188. The quantitative estimate of drug-likeness (QED) is 0.693. The number of carbonyl (C=O) groups is 1. The molecule has 0 atom stereocenters. The van der Waals surface area contributed by atoms with Gasteiger partial charge in [-0.3, -0.25) is 4.79 Å². The predicted octanol–water partition coefficient (Wildman–Crippen LogP) is 3.74. The van der Waals surface area contributed by atoms with Crippen LogP contribution in [0.25, 0.3) is 11.5 Å². The number of methoxy groups -OCH3 is 1. The van der Waals surface area contributed by atoms with Crippen LogP contribution in [0.5, 0.6) is 5.75 Å². The summed E-state index contributed by atoms with van der Waals surface area (Å²) >= 11 is 0. The van der Waals surface area contributed by atoms with E-state index in [1.165, 1.54) is 7.11 Å². The molecular weight excluding hydrogens is 375 g/mol. The third kappa shape index (κ3) is 4.48. The highest BCUT2D eigenvalue weighted by Gasteiger charge is 2.30. The number of benzene rings is 2. The number of alkyl halides is 3. The van der Waals surface area contributed by atoms with Crippen molar-refractivity contribution in [1.82, 2.24) is 15.5 Å². The Morgan fingerprint density at radius 1 is 1.11 bits per heavy atom. The Hall–Kier alpha value is -3.36. The molecule has 0 radical (unpaired) electrons. The zero-order chi connectivity index (χ0) is 20.1. The van der Waals surface area contributed by atoms with E-state index in [2.05, 4.69) is 15.5 Å². The predicted molar refractivity (Wildman–Crippen MR) is 93.8 cm³/mol. The van der Waals surface area contributed by atoms with Gasteiger partial charge in [-0.1, -0.05) is 12.1 Å². The zero-order valence-corrected chi connectivity index (χ0v) is 14.8. The highest BCUT2D eigenvalue weighted by molar-refractivity contribution is 5.94. The molecule has 1 aromatic heterocycles. The molecule has 0 aliphatic rings. The van der Waals surface area contributed by atoms with Crippen LogP contribution in [0.2, 0.25) is 0 Å². The number of aromatic nitrogens is 2. The Morgan fingerprint density at radius 2 is 1.82 bits per heavy atom. The molecule has 0 saturated carbocycles. The van der Waals surface area contributed by atoms with Gasteiger partial charge in [0.2, 0.25) is 5.89 Å². The number of rotatable bonds is 6. The summed E-state index contributed by atoms with van der Waals surface area (Å²) in [7, 11) is 1.53. The van der Waals surface area contributed by atoms with Gasteiger partial charge in [-0.2, -0.15) is 13.2 Å². The van der Waals surface area contributed by atoms with Gasteiger partial charge < -0.3 is 14.5 Å². The van der Waals surface area contributed by atoms with Crippen LogP contribution in [0.1, 0.15) is 21.8 Å². The first-order chi connectivity index (χ1) is 13.4. The summed E-state index contributed by atoms with van der Waals surface area (Å²) in [6.07, 6.45) is -4.17. The Kier molecular flexibility index (Phi) is 5.62. The first-order valence-corrected chi connectivity index (χ1v) is 8.29. The second kappa shape index (κ2) is 8.12. The number of amides is 1. The summed E-state index contributed by atoms with van der Waals surface area (Å²) in [6, 6.07) is 11.2. The lowest BCUT2D eigenvalue weighted by Gasteiger charge is -2.08. The van der Waals surface area contributed by atoms with E-state index in [0.717, 1.165) is 24.3 Å². The molecule has 0 fully saturated rings. The van der Waals surface area contributed by atoms with Crippen LogP contribution in [-0.4, -0.2) is 29.8 Å². The van der Waals surface area contributed by atoms with E-state index < -0.39 is 17.6 Å². The van der Waals surface area contributed by atoms with Gasteiger partial charge in [-0.25, -0.2) is 0 Å². The average Bonchev–Trinajstić information content (AvgIpc) is 3.16. The topological polar surface area (TPSA) is 77.3 Å². The molecule has 1 N–H and O–H groups in total. The molecule has 0 aliphatic heterocycles. The van der Waals surface area contributed by atoms with Crippen molar-refractivity contribution in [1.29, 1.82) is 0 Å². The van der Waals surface area contributed by atoms with Gasteiger partial charge in [0.05, 0.1) is 18.2 Å². The molecule has 3 rings (SSSR count). The second-order valence-corrected chi connectivity index (χ2v) is 5.78. The van der Waals surface area contributed by atoms with Crippen molar-refractivity contribution in [3.8, 4) is 17.2 Å². The van der Waals surface area contributed by atoms with Crippen molar-refractivity contribution in [3.05, 3.63) is 65.5 Å². The van der Waals surface area contributed by atoms with Crippen LogP contribution >= 0.6 is 0 Å². The summed E-state index contributed by atoms with van der Waals surface area (Å²) in [4.78, 5) is 12.0. The standard InChI is InChI=1S/C19H16F3N3O3/c1-27-15-5-3-2-4-14(15)18-25-24-16(28-18)10-11-23-17(26)12-6-8-13(9-7-12)19(20,21)22/h2-9H,10-11H2,1H3,(H,23,26). The van der Waals surface area contributed by atoms with E-state index in [-0.39, 0.29) is 18.5 Å². The molecule has 0 spiro atoms. The smallest absolute Gasteiger partial charge is 0.416 e. The summed E-state index contributed by atoms with van der Waals surface area (Å²) in [5, 5.41) is 10.5. The van der Waals surface area contributed by atoms with Crippen LogP contribution in [0, 0.1) is 0 Å². The molecule has 28 heavy (non-hydrogen) atoms. The largest absolute Gasteiger partial charge is 0.496 e. The number of hydrogen-bond acceptors (Lipinski definition) is 5. The van der Waals surface area contributed by atoms with E-state index in [1.54, 1.807) is 12.1 Å². The van der Waals surface area contributed by atoms with E-state index in [4.69, 9.17) is 9.15 Å². The van der Waals surface area contributed by atoms with Crippen LogP contribution in [0.3, 0.4) is 0 Å². The first-order valence-electron chi connectivity index (χ1n) is 8.29. The summed E-state index contributed by atoms with van der Waals surface area (Å²) in [5.74, 6) is 0.710. The molecule has 0 saturated heterocycles. The monoisotopic (exact) mass is 391 g/mol. The lowest BCUT2D eigenvalue weighted by atomic mass is 10.1. The maximum absolute atomic E-state index is 12.6. The second-order valence-electron chi connectivity index (χ2n) is 5.78. The van der Waals surface area contributed by atoms with Gasteiger partial charge in [0.25, 0.3) is 11.8 Å². The van der Waals surface area contributed by atoms with Crippen molar-refractivity contribution < 1.29 is 27.1 Å². The van der Waals surface area contributed by atoms with Gasteiger partial charge in [0.15, 0.2) is 0 Å². The third-order valence-corrected chi connectivity index (χ3v) is 3.90. The maximum Gasteiger partial charge on any atom is 0.416 e. The number of hydrogen-bond donors (Lipinski definition) is 1. The van der Waals surface area contributed by atoms with Crippen LogP contribution in [-0.2, 0) is 12.6 Å². The van der Waals surface area contributed by atoms with Crippen molar-refractivity contribution in [2.45, 2.75) is 12.6 Å². The first kappa shape index (κ1) is 19.4. The minimum absolute atomic E-state index is 0.133.